The molecule has 3 unspecified atom stereocenters. The number of hydrogen-bond donors (Lipinski definition) is 2. The number of fused-ring (bicyclic) bond motifs is 1. The second-order valence-electron chi connectivity index (χ2n) is 9.78. The van der Waals surface area contributed by atoms with Gasteiger partial charge in [-0.25, -0.2) is 0 Å². The van der Waals surface area contributed by atoms with Crippen molar-refractivity contribution in [3.8, 4) is 17.2 Å². The summed E-state index contributed by atoms with van der Waals surface area (Å²) in [7, 11) is 3.04. The Kier molecular flexibility index (Phi) is 7.84. The maximum atomic E-state index is 14.6. The number of amides is 2. The summed E-state index contributed by atoms with van der Waals surface area (Å²) in [6.45, 7) is 4.01. The number of methoxy groups -OCH3 is 2. The Hall–Kier alpha value is -4.20. The van der Waals surface area contributed by atoms with Crippen LogP contribution in [0.3, 0.4) is 0 Å². The molecule has 7 nitrogen and oxygen atoms in total. The van der Waals surface area contributed by atoms with Crippen molar-refractivity contribution in [3.05, 3.63) is 112 Å². The molecule has 0 spiro atoms. The molecule has 3 aromatic carbocycles. The summed E-state index contributed by atoms with van der Waals surface area (Å²) in [4.78, 5) is 28.6. The van der Waals surface area contributed by atoms with Crippen LogP contribution >= 0.6 is 23.2 Å². The number of nitrogens with one attached hydrogen (secondary N) is 1. The first-order chi connectivity index (χ1) is 19.7. The Morgan fingerprint density at radius 2 is 1.80 bits per heavy atom. The molecule has 210 valence electrons. The van der Waals surface area contributed by atoms with Gasteiger partial charge in [0.25, 0.3) is 11.8 Å². The monoisotopic (exact) mass is 590 g/mol. The normalized spacial score (nSPS) is 22.0. The fourth-order valence-electron chi connectivity index (χ4n) is 5.72. The third-order valence-corrected chi connectivity index (χ3v) is 8.26. The lowest BCUT2D eigenvalue weighted by Crippen LogP contribution is -2.49. The maximum Gasteiger partial charge on any atom is 0.260 e. The number of nitrogens with zero attached hydrogens (tertiary/aromatic N) is 1. The molecule has 1 aliphatic heterocycles. The zero-order chi connectivity index (χ0) is 29.3. The molecule has 5 rings (SSSR count). The van der Waals surface area contributed by atoms with Crippen molar-refractivity contribution in [2.75, 3.05) is 19.6 Å². The number of allylic oxidation sites excluding steroid dienone is 4. The van der Waals surface area contributed by atoms with Crippen LogP contribution in [0.15, 0.2) is 91.0 Å². The molecule has 3 aromatic rings. The Morgan fingerprint density at radius 3 is 2.46 bits per heavy atom. The number of aromatic hydroxyl groups is 1. The van der Waals surface area contributed by atoms with Crippen molar-refractivity contribution in [2.24, 2.45) is 11.8 Å². The molecule has 3 atom stereocenters. The van der Waals surface area contributed by atoms with Gasteiger partial charge >= 0.3 is 0 Å². The minimum atomic E-state index is -1.30. The number of phenolic OH excluding ortho intramolecular Hbond substituents is 1. The summed E-state index contributed by atoms with van der Waals surface area (Å²) in [6.07, 6.45) is 7.76. The van der Waals surface area contributed by atoms with Gasteiger partial charge in [-0.1, -0.05) is 72.3 Å². The quantitative estimate of drug-likeness (QED) is 0.280. The molecule has 1 heterocycles. The van der Waals surface area contributed by atoms with E-state index >= 15 is 0 Å². The summed E-state index contributed by atoms with van der Waals surface area (Å²) in [5, 5.41) is 11.8. The molecular formula is C32H28Cl2N2O5. The highest BCUT2D eigenvalue weighted by Gasteiger charge is 2.65. The average molecular weight is 591 g/mol. The molecule has 1 aliphatic carbocycles. The van der Waals surface area contributed by atoms with E-state index in [1.54, 1.807) is 49.6 Å². The topological polar surface area (TPSA) is 88.1 Å². The van der Waals surface area contributed by atoms with E-state index in [2.05, 4.69) is 12.0 Å². The van der Waals surface area contributed by atoms with Crippen molar-refractivity contribution in [1.82, 2.24) is 5.01 Å². The van der Waals surface area contributed by atoms with Crippen LogP contribution in [0.5, 0.6) is 17.2 Å². The SMILES string of the molecule is C=CC1=CCC2C(=O)N(Nc3ccc(Cl)cc3Cl)C(=O)C2(c2ccc(OC)cc2)C1C=Cc1ccc(O)c(OC)c1. The minimum absolute atomic E-state index is 0.0166. The van der Waals surface area contributed by atoms with Crippen LogP contribution in [0.25, 0.3) is 6.08 Å². The number of anilines is 1. The van der Waals surface area contributed by atoms with Crippen LogP contribution in [0.4, 0.5) is 5.69 Å². The first-order valence-electron chi connectivity index (χ1n) is 12.9. The van der Waals surface area contributed by atoms with E-state index in [1.807, 2.05) is 30.4 Å². The van der Waals surface area contributed by atoms with Gasteiger partial charge in [-0.3, -0.25) is 15.0 Å². The molecule has 2 amide bonds. The average Bonchev–Trinajstić information content (AvgIpc) is 3.20. The fourth-order valence-corrected chi connectivity index (χ4v) is 6.17. The smallest absolute Gasteiger partial charge is 0.260 e. The number of imide groups is 1. The van der Waals surface area contributed by atoms with Crippen molar-refractivity contribution in [2.45, 2.75) is 11.8 Å². The lowest BCUT2D eigenvalue weighted by Gasteiger charge is -2.41. The number of carbonyl (C=O) groups excluding carboxylic acids is 2. The number of halogens is 2. The summed E-state index contributed by atoms with van der Waals surface area (Å²) in [6, 6.07) is 17.0. The van der Waals surface area contributed by atoms with E-state index in [4.69, 9.17) is 32.7 Å². The van der Waals surface area contributed by atoms with E-state index in [0.717, 1.165) is 16.1 Å². The van der Waals surface area contributed by atoms with Crippen molar-refractivity contribution >= 4 is 46.8 Å². The minimum Gasteiger partial charge on any atom is -0.504 e. The molecular weight excluding hydrogens is 563 g/mol. The molecule has 2 N–H and O–H groups in total. The molecule has 1 saturated heterocycles. The summed E-state index contributed by atoms with van der Waals surface area (Å²) < 4.78 is 10.6. The lowest BCUT2D eigenvalue weighted by molar-refractivity contribution is -0.138. The Labute approximate surface area is 248 Å². The number of carbonyl (C=O) groups is 2. The highest BCUT2D eigenvalue weighted by Crippen LogP contribution is 2.54. The maximum absolute atomic E-state index is 14.6. The van der Waals surface area contributed by atoms with Gasteiger partial charge in [-0.15, -0.1) is 0 Å². The zero-order valence-corrected chi connectivity index (χ0v) is 23.9. The number of hydrogen-bond acceptors (Lipinski definition) is 6. The molecule has 41 heavy (non-hydrogen) atoms. The van der Waals surface area contributed by atoms with Gasteiger partial charge in [0.1, 0.15) is 5.75 Å². The third-order valence-electron chi connectivity index (χ3n) is 7.72. The summed E-state index contributed by atoms with van der Waals surface area (Å²) >= 11 is 12.5. The van der Waals surface area contributed by atoms with Gasteiger partial charge in [0.2, 0.25) is 0 Å². The molecule has 0 radical (unpaired) electrons. The predicted octanol–water partition coefficient (Wildman–Crippen LogP) is 6.81. The van der Waals surface area contributed by atoms with Gasteiger partial charge in [0.15, 0.2) is 11.5 Å². The third kappa shape index (κ3) is 4.85. The van der Waals surface area contributed by atoms with Crippen molar-refractivity contribution in [3.63, 3.8) is 0 Å². The highest BCUT2D eigenvalue weighted by atomic mass is 35.5. The van der Waals surface area contributed by atoms with Crippen LogP contribution in [0.2, 0.25) is 10.0 Å². The predicted molar refractivity (Wildman–Crippen MR) is 160 cm³/mol. The summed E-state index contributed by atoms with van der Waals surface area (Å²) in [5.74, 6) is -1.11. The standard InChI is InChI=1S/C32H28Cl2N2O5/c1-4-20-7-14-25-30(38)36(35-27-15-10-22(33)18-26(27)34)31(39)32(25,21-8-11-23(40-2)12-9-21)24(20)13-5-19-6-16-28(37)29(17-19)41-3/h4-13,15-18,24-25,35,37H,1,14H2,2-3H3. The van der Waals surface area contributed by atoms with E-state index in [-0.39, 0.29) is 16.7 Å². The first kappa shape index (κ1) is 28.3. The molecule has 2 aliphatic rings. The van der Waals surface area contributed by atoms with Crippen LogP contribution in [0.1, 0.15) is 17.5 Å². The molecule has 9 heteroatoms. The van der Waals surface area contributed by atoms with Crippen LogP contribution < -0.4 is 14.9 Å². The lowest BCUT2D eigenvalue weighted by atomic mass is 9.57. The van der Waals surface area contributed by atoms with Gasteiger partial charge < -0.3 is 14.6 Å². The van der Waals surface area contributed by atoms with Gasteiger partial charge in [-0.2, -0.15) is 5.01 Å². The van der Waals surface area contributed by atoms with E-state index in [0.29, 0.717) is 34.2 Å². The molecule has 1 fully saturated rings. The Bertz CT molecular complexity index is 1580. The second kappa shape index (κ2) is 11.4. The van der Waals surface area contributed by atoms with Crippen LogP contribution in [0, 0.1) is 11.8 Å². The van der Waals surface area contributed by atoms with Crippen LogP contribution in [-0.2, 0) is 15.0 Å². The van der Waals surface area contributed by atoms with Gasteiger partial charge in [0.05, 0.1) is 36.3 Å². The Balaban J connectivity index is 1.66. The van der Waals surface area contributed by atoms with Gasteiger partial charge in [-0.05, 0) is 65.6 Å². The van der Waals surface area contributed by atoms with E-state index < -0.39 is 23.2 Å². The van der Waals surface area contributed by atoms with Crippen molar-refractivity contribution in [1.29, 1.82) is 0 Å². The fraction of sp³-hybridized carbons (Fsp3) is 0.188. The van der Waals surface area contributed by atoms with Crippen molar-refractivity contribution < 1.29 is 24.2 Å². The first-order valence-corrected chi connectivity index (χ1v) is 13.6. The summed E-state index contributed by atoms with van der Waals surface area (Å²) in [5.41, 5.74) is 4.26. The molecule has 0 aromatic heterocycles. The number of phenols is 1. The molecule has 0 bridgehead atoms. The highest BCUT2D eigenvalue weighted by molar-refractivity contribution is 6.36. The number of benzene rings is 3. The van der Waals surface area contributed by atoms with E-state index in [1.165, 1.54) is 19.2 Å². The largest absolute Gasteiger partial charge is 0.504 e. The number of rotatable bonds is 8. The zero-order valence-electron chi connectivity index (χ0n) is 22.4. The van der Waals surface area contributed by atoms with Gasteiger partial charge in [0, 0.05) is 10.9 Å². The van der Waals surface area contributed by atoms with Crippen LogP contribution in [-0.4, -0.2) is 36.1 Å². The molecule has 0 saturated carbocycles. The van der Waals surface area contributed by atoms with E-state index in [9.17, 15) is 14.7 Å². The number of ether oxygens (including phenoxy) is 2. The second-order valence-corrected chi connectivity index (χ2v) is 10.6. The number of hydrazine groups is 1. The Morgan fingerprint density at radius 1 is 1.05 bits per heavy atom.